The summed E-state index contributed by atoms with van der Waals surface area (Å²) in [6.07, 6.45) is 1.98. The number of amides is 1. The van der Waals surface area contributed by atoms with E-state index in [1.54, 1.807) is 0 Å². The van der Waals surface area contributed by atoms with Crippen LogP contribution < -0.4 is 5.32 Å². The molecule has 0 aliphatic carbocycles. The number of benzene rings is 2. The Morgan fingerprint density at radius 1 is 1.08 bits per heavy atom. The topological polar surface area (TPSA) is 32.3 Å². The van der Waals surface area contributed by atoms with Gasteiger partial charge >= 0.3 is 0 Å². The van der Waals surface area contributed by atoms with Crippen LogP contribution in [0.25, 0.3) is 0 Å². The summed E-state index contributed by atoms with van der Waals surface area (Å²) in [7, 11) is 0. The summed E-state index contributed by atoms with van der Waals surface area (Å²) in [5.74, 6) is 0.111. The van der Waals surface area contributed by atoms with Gasteiger partial charge in [-0.2, -0.15) is 0 Å². The number of hydrogen-bond acceptors (Lipinski definition) is 2. The second-order valence-electron chi connectivity index (χ2n) is 7.64. The van der Waals surface area contributed by atoms with Gasteiger partial charge in [-0.25, -0.2) is 0 Å². The zero-order chi connectivity index (χ0) is 18.6. The monoisotopic (exact) mass is 370 g/mol. The van der Waals surface area contributed by atoms with Crippen molar-refractivity contribution in [3.05, 3.63) is 70.7 Å². The van der Waals surface area contributed by atoms with E-state index in [2.05, 4.69) is 22.3 Å². The zero-order valence-corrected chi connectivity index (χ0v) is 16.3. The molecular formula is C22H27ClN2O. The minimum absolute atomic E-state index is 0.111. The number of nitrogens with one attached hydrogen (secondary N) is 1. The van der Waals surface area contributed by atoms with Crippen LogP contribution in [0.15, 0.2) is 54.6 Å². The highest BCUT2D eigenvalue weighted by Gasteiger charge is 2.32. The summed E-state index contributed by atoms with van der Waals surface area (Å²) in [6, 6.07) is 18.3. The van der Waals surface area contributed by atoms with E-state index in [-0.39, 0.29) is 11.9 Å². The predicted molar refractivity (Wildman–Crippen MR) is 107 cm³/mol. The van der Waals surface area contributed by atoms with E-state index in [9.17, 15) is 4.79 Å². The van der Waals surface area contributed by atoms with Gasteiger partial charge in [0.15, 0.2) is 0 Å². The number of rotatable bonds is 5. The van der Waals surface area contributed by atoms with Gasteiger partial charge in [-0.15, -0.1) is 0 Å². The van der Waals surface area contributed by atoms with Gasteiger partial charge in [-0.1, -0.05) is 54.1 Å². The van der Waals surface area contributed by atoms with Crippen LogP contribution in [0.2, 0.25) is 5.02 Å². The number of halogens is 1. The van der Waals surface area contributed by atoms with E-state index in [1.807, 2.05) is 56.3 Å². The number of nitrogens with zero attached hydrogens (tertiary/aromatic N) is 1. The quantitative estimate of drug-likeness (QED) is 0.846. The highest BCUT2D eigenvalue weighted by molar-refractivity contribution is 6.30. The fourth-order valence-electron chi connectivity index (χ4n) is 3.44. The molecule has 0 spiro atoms. The molecule has 2 aromatic carbocycles. The summed E-state index contributed by atoms with van der Waals surface area (Å²) in [6.45, 7) is 6.92. The molecule has 0 bridgehead atoms. The summed E-state index contributed by atoms with van der Waals surface area (Å²) >= 11 is 5.95. The first-order valence-electron chi connectivity index (χ1n) is 9.28. The summed E-state index contributed by atoms with van der Waals surface area (Å²) in [5.41, 5.74) is 1.82. The van der Waals surface area contributed by atoms with Crippen LogP contribution in [0.1, 0.15) is 37.8 Å². The summed E-state index contributed by atoms with van der Waals surface area (Å²) in [5, 5.41) is 4.04. The Morgan fingerprint density at radius 2 is 1.69 bits per heavy atom. The first-order valence-corrected chi connectivity index (χ1v) is 9.66. The number of likely N-dealkylation sites (tertiary alicyclic amines) is 1. The Balaban J connectivity index is 1.50. The molecular weight excluding hydrogens is 344 g/mol. The molecule has 0 unspecified atom stereocenters. The van der Waals surface area contributed by atoms with E-state index in [0.717, 1.165) is 43.1 Å². The van der Waals surface area contributed by atoms with Crippen molar-refractivity contribution in [2.45, 2.75) is 44.7 Å². The van der Waals surface area contributed by atoms with Crippen molar-refractivity contribution in [2.24, 2.45) is 0 Å². The summed E-state index contributed by atoms with van der Waals surface area (Å²) in [4.78, 5) is 15.2. The lowest BCUT2D eigenvalue weighted by Crippen LogP contribution is -2.49. The minimum Gasteiger partial charge on any atom is -0.353 e. The first-order chi connectivity index (χ1) is 12.4. The molecule has 0 aromatic heterocycles. The Labute approximate surface area is 161 Å². The maximum atomic E-state index is 12.8. The number of hydrogen-bond donors (Lipinski definition) is 1. The molecule has 3 nitrogen and oxygen atoms in total. The lowest BCUT2D eigenvalue weighted by atomic mass is 9.83. The maximum absolute atomic E-state index is 12.8. The average molecular weight is 371 g/mol. The molecule has 138 valence electrons. The predicted octanol–water partition coefficient (Wildman–Crippen LogP) is 4.40. The molecule has 26 heavy (non-hydrogen) atoms. The molecule has 4 heteroatoms. The van der Waals surface area contributed by atoms with E-state index in [4.69, 9.17) is 11.6 Å². The van der Waals surface area contributed by atoms with Crippen LogP contribution in [-0.2, 0) is 16.8 Å². The second kappa shape index (κ2) is 8.24. The molecule has 1 aliphatic rings. The molecule has 1 heterocycles. The second-order valence-corrected chi connectivity index (χ2v) is 8.08. The van der Waals surface area contributed by atoms with Crippen molar-refractivity contribution in [2.75, 3.05) is 13.1 Å². The van der Waals surface area contributed by atoms with Crippen molar-refractivity contribution >= 4 is 17.5 Å². The van der Waals surface area contributed by atoms with Gasteiger partial charge in [0.05, 0.1) is 5.41 Å². The maximum Gasteiger partial charge on any atom is 0.230 e. The van der Waals surface area contributed by atoms with Gasteiger partial charge < -0.3 is 5.32 Å². The van der Waals surface area contributed by atoms with E-state index < -0.39 is 5.41 Å². The molecule has 1 N–H and O–H groups in total. The van der Waals surface area contributed by atoms with Crippen molar-refractivity contribution < 1.29 is 4.79 Å². The molecule has 1 amide bonds. The van der Waals surface area contributed by atoms with Crippen molar-refractivity contribution in [1.29, 1.82) is 0 Å². The standard InChI is InChI=1S/C22H27ClN2O/c1-22(2,18-6-4-3-5-7-18)21(26)24-20-12-14-25(15-13-20)16-17-8-10-19(23)11-9-17/h3-11,20H,12-16H2,1-2H3,(H,24,26). The van der Waals surface area contributed by atoms with E-state index >= 15 is 0 Å². The minimum atomic E-state index is -0.512. The molecule has 2 aromatic rings. The average Bonchev–Trinajstić information content (AvgIpc) is 2.66. The van der Waals surface area contributed by atoms with Crippen molar-refractivity contribution in [1.82, 2.24) is 10.2 Å². The number of carbonyl (C=O) groups excluding carboxylic acids is 1. The van der Waals surface area contributed by atoms with Crippen LogP contribution in [0.4, 0.5) is 0 Å². The van der Waals surface area contributed by atoms with Crippen LogP contribution in [0.5, 0.6) is 0 Å². The van der Waals surface area contributed by atoms with Gasteiger partial charge in [0.2, 0.25) is 5.91 Å². The highest BCUT2D eigenvalue weighted by atomic mass is 35.5. The fourth-order valence-corrected chi connectivity index (χ4v) is 3.56. The molecule has 1 saturated heterocycles. The van der Waals surface area contributed by atoms with Crippen molar-refractivity contribution in [3.63, 3.8) is 0 Å². The third-order valence-electron chi connectivity index (χ3n) is 5.31. The molecule has 0 radical (unpaired) electrons. The van der Waals surface area contributed by atoms with Crippen LogP contribution in [-0.4, -0.2) is 29.9 Å². The molecule has 1 fully saturated rings. The Hall–Kier alpha value is -1.84. The molecule has 3 rings (SSSR count). The molecule has 1 aliphatic heterocycles. The normalized spacial score (nSPS) is 16.4. The molecule has 0 saturated carbocycles. The van der Waals surface area contributed by atoms with Gasteiger partial charge in [-0.05, 0) is 49.9 Å². The Bertz CT molecular complexity index is 720. The number of carbonyl (C=O) groups is 1. The van der Waals surface area contributed by atoms with Crippen LogP contribution in [0.3, 0.4) is 0 Å². The van der Waals surface area contributed by atoms with E-state index in [1.165, 1.54) is 5.56 Å². The van der Waals surface area contributed by atoms with Crippen LogP contribution in [0, 0.1) is 0 Å². The SMILES string of the molecule is CC(C)(C(=O)NC1CCN(Cc2ccc(Cl)cc2)CC1)c1ccccc1. The van der Waals surface area contributed by atoms with E-state index in [0.29, 0.717) is 0 Å². The zero-order valence-electron chi connectivity index (χ0n) is 15.5. The largest absolute Gasteiger partial charge is 0.353 e. The van der Waals surface area contributed by atoms with Crippen LogP contribution >= 0.6 is 11.6 Å². The lowest BCUT2D eigenvalue weighted by Gasteiger charge is -2.34. The third kappa shape index (κ3) is 4.66. The van der Waals surface area contributed by atoms with Gasteiger partial charge in [-0.3, -0.25) is 9.69 Å². The highest BCUT2D eigenvalue weighted by Crippen LogP contribution is 2.24. The third-order valence-corrected chi connectivity index (χ3v) is 5.56. The smallest absolute Gasteiger partial charge is 0.230 e. The summed E-state index contributed by atoms with van der Waals surface area (Å²) < 4.78 is 0. The first kappa shape index (κ1) is 18.9. The molecule has 0 atom stereocenters. The van der Waals surface area contributed by atoms with Gasteiger partial charge in [0.25, 0.3) is 0 Å². The Kier molecular flexibility index (Phi) is 6.00. The van der Waals surface area contributed by atoms with Gasteiger partial charge in [0, 0.05) is 30.7 Å². The number of piperidine rings is 1. The van der Waals surface area contributed by atoms with Gasteiger partial charge in [0.1, 0.15) is 0 Å². The fraction of sp³-hybridized carbons (Fsp3) is 0.409. The lowest BCUT2D eigenvalue weighted by molar-refractivity contribution is -0.126. The Morgan fingerprint density at radius 3 is 2.31 bits per heavy atom. The van der Waals surface area contributed by atoms with Crippen molar-refractivity contribution in [3.8, 4) is 0 Å².